The third-order valence-electron chi connectivity index (χ3n) is 4.96. The summed E-state index contributed by atoms with van der Waals surface area (Å²) in [5, 5.41) is 2.57. The number of benzene rings is 1. The van der Waals surface area contributed by atoms with E-state index in [1.807, 2.05) is 0 Å². The molecule has 0 aromatic heterocycles. The first kappa shape index (κ1) is 23.2. The van der Waals surface area contributed by atoms with E-state index in [1.165, 1.54) is 30.9 Å². The highest BCUT2D eigenvalue weighted by atomic mass is 32.3. The van der Waals surface area contributed by atoms with Crippen molar-refractivity contribution in [3.05, 3.63) is 35.7 Å². The van der Waals surface area contributed by atoms with E-state index in [-0.39, 0.29) is 42.7 Å². The van der Waals surface area contributed by atoms with E-state index in [2.05, 4.69) is 9.08 Å². The quantitative estimate of drug-likeness (QED) is 0.673. The van der Waals surface area contributed by atoms with Crippen LogP contribution in [0, 0.1) is 5.82 Å². The zero-order valence-electron chi connectivity index (χ0n) is 17.2. The van der Waals surface area contributed by atoms with Crippen LogP contribution >= 0.6 is 0 Å². The number of cyclic esters (lactones) is 1. The minimum absolute atomic E-state index is 0.0303. The predicted octanol–water partition coefficient (Wildman–Crippen LogP) is 1.89. The Balaban J connectivity index is 1.76. The molecule has 0 radical (unpaired) electrons. The second-order valence-electron chi connectivity index (χ2n) is 7.29. The number of rotatable bonds is 6. The molecule has 2 amide bonds. The molecule has 2 aliphatic heterocycles. The third kappa shape index (κ3) is 5.62. The van der Waals surface area contributed by atoms with E-state index in [0.717, 1.165) is 0 Å². The molecule has 2 atom stereocenters. The van der Waals surface area contributed by atoms with Crippen LogP contribution in [0.5, 0.6) is 0 Å². The Morgan fingerprint density at radius 2 is 2.16 bits per heavy atom. The van der Waals surface area contributed by atoms with E-state index in [1.54, 1.807) is 12.1 Å². The molecule has 170 valence electrons. The molecule has 0 aliphatic carbocycles. The smallest absolute Gasteiger partial charge is 0.414 e. The average molecular weight is 474 g/mol. The van der Waals surface area contributed by atoms with Gasteiger partial charge < -0.3 is 10.1 Å². The molecule has 1 N–H and O–H groups in total. The van der Waals surface area contributed by atoms with Gasteiger partial charge in [0.15, 0.2) is 0 Å². The maximum absolute atomic E-state index is 14.8. The number of carbonyl (C=O) groups is 2. The maximum atomic E-state index is 14.8. The van der Waals surface area contributed by atoms with E-state index < -0.39 is 37.8 Å². The number of amides is 2. The van der Waals surface area contributed by atoms with Gasteiger partial charge in [-0.1, -0.05) is 6.08 Å². The van der Waals surface area contributed by atoms with Crippen LogP contribution in [0.25, 0.3) is 5.57 Å². The third-order valence-corrected chi connectivity index (χ3v) is 9.21. The number of anilines is 1. The van der Waals surface area contributed by atoms with Crippen LogP contribution in [0.3, 0.4) is 0 Å². The van der Waals surface area contributed by atoms with Crippen molar-refractivity contribution in [3.63, 3.8) is 0 Å². The molecule has 31 heavy (non-hydrogen) atoms. The van der Waals surface area contributed by atoms with Crippen LogP contribution in [0.4, 0.5) is 14.9 Å². The van der Waals surface area contributed by atoms with E-state index >= 15 is 0 Å². The molecule has 12 heteroatoms. The second-order valence-corrected chi connectivity index (χ2v) is 11.9. The molecule has 3 rings (SSSR count). The Labute approximate surface area is 180 Å². The number of halogens is 1. The highest BCUT2D eigenvalue weighted by Gasteiger charge is 2.33. The number of ether oxygens (including phenoxy) is 1. The number of allylic oxidation sites excluding steroid dienone is 1. The molecule has 0 bridgehead atoms. The molecule has 2 heterocycles. The lowest BCUT2D eigenvalue weighted by molar-refractivity contribution is -0.119. The molecule has 1 aromatic carbocycles. The Bertz CT molecular complexity index is 1160. The molecule has 9 nitrogen and oxygen atoms in total. The number of nitrogens with zero attached hydrogens (tertiary/aromatic N) is 2. The fourth-order valence-electron chi connectivity index (χ4n) is 3.29. The lowest BCUT2D eigenvalue weighted by Crippen LogP contribution is -2.33. The highest BCUT2D eigenvalue weighted by Crippen LogP contribution is 2.30. The number of hydrogen-bond acceptors (Lipinski definition) is 6. The van der Waals surface area contributed by atoms with Gasteiger partial charge in [0.05, 0.1) is 40.0 Å². The van der Waals surface area contributed by atoms with Crippen LogP contribution < -0.4 is 10.2 Å². The lowest BCUT2D eigenvalue weighted by Gasteiger charge is -2.19. The standard InChI is InChI=1S/C19H24FN3O6S2/c1-3-31(27,28)22-30(26)8-6-14(7-9-30)17-5-4-15(10-18(17)20)23-12-16(29-19(23)25)11-21-13(2)24/h4-6,10,16H,3,7-9,11-12H2,1-2H3,(H,21,24)/t16-,30?/m0/s1. The van der Waals surface area contributed by atoms with Gasteiger partial charge in [0.1, 0.15) is 11.9 Å². The van der Waals surface area contributed by atoms with Crippen molar-refractivity contribution < 1.29 is 31.3 Å². The van der Waals surface area contributed by atoms with Crippen molar-refractivity contribution in [3.8, 4) is 0 Å². The van der Waals surface area contributed by atoms with Crippen molar-refractivity contribution in [1.29, 1.82) is 0 Å². The van der Waals surface area contributed by atoms with Crippen molar-refractivity contribution >= 4 is 43.0 Å². The topological polar surface area (TPSA) is 122 Å². The zero-order chi connectivity index (χ0) is 22.8. The van der Waals surface area contributed by atoms with Crippen molar-refractivity contribution in [2.75, 3.05) is 35.2 Å². The van der Waals surface area contributed by atoms with Gasteiger partial charge in [-0.2, -0.15) is 0 Å². The number of hydrogen-bond donors (Lipinski definition) is 1. The lowest BCUT2D eigenvalue weighted by atomic mass is 10.0. The van der Waals surface area contributed by atoms with Crippen LogP contribution in [0.1, 0.15) is 25.8 Å². The maximum Gasteiger partial charge on any atom is 0.414 e. The SMILES string of the molecule is CCS(=O)(=O)N=S1(=O)CC=C(c2ccc(N3C[C@H](CNC(C)=O)OC3=O)cc2F)CC1. The summed E-state index contributed by atoms with van der Waals surface area (Å²) in [5.74, 6) is -1.06. The summed E-state index contributed by atoms with van der Waals surface area (Å²) in [6.07, 6.45) is 0.628. The molecule has 2 aliphatic rings. The molecule has 1 unspecified atom stereocenters. The largest absolute Gasteiger partial charge is 0.442 e. The summed E-state index contributed by atoms with van der Waals surface area (Å²) in [5.41, 5.74) is 1.23. The van der Waals surface area contributed by atoms with Gasteiger partial charge in [-0.25, -0.2) is 21.8 Å². The summed E-state index contributed by atoms with van der Waals surface area (Å²) in [6, 6.07) is 4.33. The first-order valence-electron chi connectivity index (χ1n) is 9.70. The molecule has 0 spiro atoms. The van der Waals surface area contributed by atoms with E-state index in [9.17, 15) is 26.6 Å². The number of sulfonamides is 1. The van der Waals surface area contributed by atoms with Gasteiger partial charge in [-0.05, 0) is 37.1 Å². The normalized spacial score (nSPS) is 23.8. The second kappa shape index (κ2) is 8.95. The monoisotopic (exact) mass is 473 g/mol. The van der Waals surface area contributed by atoms with Crippen LogP contribution in [0.15, 0.2) is 28.0 Å². The summed E-state index contributed by atoms with van der Waals surface area (Å²) in [7, 11) is -6.65. The fraction of sp³-hybridized carbons (Fsp3) is 0.474. The average Bonchev–Trinajstić information content (AvgIpc) is 3.07. The summed E-state index contributed by atoms with van der Waals surface area (Å²) in [6.45, 7) is 3.14. The van der Waals surface area contributed by atoms with Crippen LogP contribution in [0.2, 0.25) is 0 Å². The predicted molar refractivity (Wildman–Crippen MR) is 115 cm³/mol. The zero-order valence-corrected chi connectivity index (χ0v) is 18.8. The van der Waals surface area contributed by atoms with Crippen molar-refractivity contribution in [2.24, 2.45) is 3.77 Å². The van der Waals surface area contributed by atoms with E-state index in [0.29, 0.717) is 16.8 Å². The first-order chi connectivity index (χ1) is 14.5. The van der Waals surface area contributed by atoms with Gasteiger partial charge in [0.25, 0.3) is 10.0 Å². The Kier molecular flexibility index (Phi) is 6.70. The summed E-state index contributed by atoms with van der Waals surface area (Å²) < 4.78 is 59.6. The van der Waals surface area contributed by atoms with Gasteiger partial charge in [-0.3, -0.25) is 9.69 Å². The van der Waals surface area contributed by atoms with Gasteiger partial charge in [0.2, 0.25) is 5.91 Å². The van der Waals surface area contributed by atoms with Gasteiger partial charge >= 0.3 is 6.09 Å². The summed E-state index contributed by atoms with van der Waals surface area (Å²) in [4.78, 5) is 24.4. The Morgan fingerprint density at radius 1 is 1.42 bits per heavy atom. The van der Waals surface area contributed by atoms with Crippen molar-refractivity contribution in [1.82, 2.24) is 5.32 Å². The van der Waals surface area contributed by atoms with Crippen molar-refractivity contribution in [2.45, 2.75) is 26.4 Å². The Morgan fingerprint density at radius 3 is 2.74 bits per heavy atom. The number of carbonyl (C=O) groups excluding carboxylic acids is 2. The first-order valence-corrected chi connectivity index (χ1v) is 13.2. The molecular weight excluding hydrogens is 449 g/mol. The molecule has 1 aromatic rings. The highest BCUT2D eigenvalue weighted by molar-refractivity contribution is 8.03. The van der Waals surface area contributed by atoms with Gasteiger partial charge in [-0.15, -0.1) is 3.77 Å². The molecular formula is C19H24FN3O6S2. The molecule has 0 saturated carbocycles. The summed E-state index contributed by atoms with van der Waals surface area (Å²) >= 11 is 0. The van der Waals surface area contributed by atoms with Crippen LogP contribution in [-0.4, -0.2) is 61.1 Å². The van der Waals surface area contributed by atoms with E-state index in [4.69, 9.17) is 4.74 Å². The molecule has 1 fully saturated rings. The number of nitrogens with one attached hydrogen (secondary N) is 1. The minimum atomic E-state index is -3.73. The fourth-order valence-corrected chi connectivity index (χ4v) is 7.07. The van der Waals surface area contributed by atoms with Gasteiger partial charge in [0, 0.05) is 18.2 Å². The Hall–Kier alpha value is -2.47. The van der Waals surface area contributed by atoms with Crippen LogP contribution in [-0.2, 0) is 29.3 Å². The molecule has 1 saturated heterocycles. The minimum Gasteiger partial charge on any atom is -0.442 e.